The van der Waals surface area contributed by atoms with Crippen molar-refractivity contribution in [1.82, 2.24) is 45.0 Å². The topological polar surface area (TPSA) is 175 Å². The summed E-state index contributed by atoms with van der Waals surface area (Å²) in [5, 5.41) is 26.9. The highest BCUT2D eigenvalue weighted by Gasteiger charge is 2.25. The van der Waals surface area contributed by atoms with Gasteiger partial charge in [0.1, 0.15) is 71.4 Å². The fourth-order valence-corrected chi connectivity index (χ4v) is 9.68. The first-order valence-electron chi connectivity index (χ1n) is 27.8. The molecule has 6 bridgehead atoms. The monoisotopic (exact) mass is 1120 g/mol. The Morgan fingerprint density at radius 1 is 0.386 bits per heavy atom. The largest absolute Gasteiger partial charge is 0.497 e. The molecule has 0 saturated heterocycles. The van der Waals surface area contributed by atoms with E-state index in [9.17, 15) is 0 Å². The van der Waals surface area contributed by atoms with E-state index in [1.54, 1.807) is 35.4 Å². The third kappa shape index (κ3) is 15.1. The van der Waals surface area contributed by atoms with Gasteiger partial charge in [-0.05, 0) is 99.3 Å². The molecule has 0 N–H and O–H groups in total. The van der Waals surface area contributed by atoms with E-state index in [1.807, 2.05) is 110 Å². The number of benzene rings is 6. The normalized spacial score (nSPS) is 13.2. The lowest BCUT2D eigenvalue weighted by Crippen LogP contribution is -2.15. The van der Waals surface area contributed by atoms with Gasteiger partial charge in [-0.3, -0.25) is 0 Å². The molecule has 10 rings (SSSR count). The quantitative estimate of drug-likeness (QED) is 0.0793. The van der Waals surface area contributed by atoms with E-state index in [2.05, 4.69) is 96.7 Å². The predicted octanol–water partition coefficient (Wildman–Crippen LogP) is 11.4. The first-order chi connectivity index (χ1) is 40.2. The Hall–Kier alpha value is -8.58. The lowest BCUT2D eigenvalue weighted by Gasteiger charge is -2.26. The average Bonchev–Trinajstić information content (AvgIpc) is 4.33. The first-order valence-corrected chi connectivity index (χ1v) is 27.8. The molecule has 9 aromatic rings. The zero-order valence-corrected chi connectivity index (χ0v) is 48.9. The van der Waals surface area contributed by atoms with Crippen LogP contribution >= 0.6 is 0 Å². The van der Waals surface area contributed by atoms with Crippen molar-refractivity contribution in [3.8, 4) is 34.5 Å². The van der Waals surface area contributed by atoms with Gasteiger partial charge in [-0.15, -0.1) is 15.3 Å². The van der Waals surface area contributed by atoms with Crippen LogP contribution in [0, 0.1) is 0 Å². The van der Waals surface area contributed by atoms with Gasteiger partial charge in [-0.25, -0.2) is 14.0 Å². The maximum atomic E-state index is 6.87. The molecular formula is C65H73N9O9. The fourth-order valence-electron chi connectivity index (χ4n) is 9.68. The molecule has 0 aliphatic carbocycles. The highest BCUT2D eigenvalue weighted by atomic mass is 16.5. The highest BCUT2D eigenvalue weighted by Crippen LogP contribution is 2.38. The number of para-hydroxylation sites is 1. The Labute approximate surface area is 485 Å². The molecule has 6 aromatic carbocycles. The van der Waals surface area contributed by atoms with Crippen molar-refractivity contribution in [1.29, 1.82) is 0 Å². The number of aromatic nitrogens is 9. The molecule has 3 aromatic heterocycles. The van der Waals surface area contributed by atoms with Crippen LogP contribution in [0.2, 0.25) is 0 Å². The van der Waals surface area contributed by atoms with Crippen LogP contribution < -0.4 is 28.4 Å². The molecule has 0 amide bonds. The van der Waals surface area contributed by atoms with Crippen molar-refractivity contribution < 1.29 is 42.6 Å². The second kappa shape index (κ2) is 26.1. The minimum Gasteiger partial charge on any atom is -0.497 e. The van der Waals surface area contributed by atoms with Crippen LogP contribution in [0.25, 0.3) is 0 Å². The lowest BCUT2D eigenvalue weighted by molar-refractivity contribution is 0.0894. The summed E-state index contributed by atoms with van der Waals surface area (Å²) >= 11 is 0. The smallest absolute Gasteiger partial charge is 0.134 e. The summed E-state index contributed by atoms with van der Waals surface area (Å²) in [5.41, 5.74) is 12.1. The van der Waals surface area contributed by atoms with Gasteiger partial charge in [0.15, 0.2) is 0 Å². The minimum absolute atomic E-state index is 0.155. The van der Waals surface area contributed by atoms with Crippen LogP contribution in [-0.2, 0) is 104 Å². The summed E-state index contributed by atoms with van der Waals surface area (Å²) < 4.78 is 62.3. The van der Waals surface area contributed by atoms with Gasteiger partial charge in [-0.1, -0.05) is 112 Å². The van der Waals surface area contributed by atoms with E-state index in [-0.39, 0.29) is 70.3 Å². The first kappa shape index (κ1) is 57.6. The van der Waals surface area contributed by atoms with E-state index in [4.69, 9.17) is 42.6 Å². The van der Waals surface area contributed by atoms with E-state index in [0.29, 0.717) is 54.0 Å². The highest BCUT2D eigenvalue weighted by molar-refractivity contribution is 5.49. The molecule has 18 nitrogen and oxygen atoms in total. The number of ether oxygens (including phenoxy) is 9. The molecule has 1 aliphatic rings. The maximum Gasteiger partial charge on any atom is 0.134 e. The Bertz CT molecular complexity index is 3400. The van der Waals surface area contributed by atoms with Crippen molar-refractivity contribution in [2.24, 2.45) is 0 Å². The Morgan fingerprint density at radius 3 is 0.940 bits per heavy atom. The van der Waals surface area contributed by atoms with Crippen LogP contribution in [0.5, 0.6) is 34.5 Å². The fraction of sp³-hybridized carbons (Fsp3) is 0.354. The van der Waals surface area contributed by atoms with Gasteiger partial charge in [0.25, 0.3) is 0 Å². The molecule has 0 radical (unpaired) electrons. The summed E-state index contributed by atoms with van der Waals surface area (Å²) in [6.45, 7) is 16.6. The van der Waals surface area contributed by atoms with Gasteiger partial charge in [0, 0.05) is 33.4 Å². The molecule has 0 unspecified atom stereocenters. The second-order valence-electron chi connectivity index (χ2n) is 22.8. The van der Waals surface area contributed by atoms with Gasteiger partial charge < -0.3 is 42.6 Å². The molecule has 0 saturated carbocycles. The van der Waals surface area contributed by atoms with Crippen LogP contribution in [0.3, 0.4) is 0 Å². The number of nitrogens with zero attached hydrogens (tertiary/aromatic N) is 9. The summed E-state index contributed by atoms with van der Waals surface area (Å²) in [6, 6.07) is 38.5. The average molecular weight is 1120 g/mol. The third-order valence-electron chi connectivity index (χ3n) is 14.3. The molecule has 432 valence electrons. The standard InChI is InChI=1S/C65H73N9O9/c1-64(2,3)53-25-49-37-78-35-47-11-10-12-48(61(47)81-41-55-32-72(69-66-55)29-44-13-19-58(75-7)20-14-44)36-79-38-50-26-54(65(4,5)6)28-52(63(50)83-43-57-34-74(71-68-57)31-46-17-23-60(77-9)24-18-46)40-80-39-51(27-53)62(49)82-42-56-33-73(70-67-56)30-45-15-21-59(76-8)22-16-45/h10-28,32-34H,29-31,35-43H2,1-9H3. The van der Waals surface area contributed by atoms with Crippen LogP contribution in [0.4, 0.5) is 0 Å². The van der Waals surface area contributed by atoms with Crippen LogP contribution in [0.15, 0.2) is 134 Å². The van der Waals surface area contributed by atoms with Gasteiger partial charge in [-0.2, -0.15) is 0 Å². The SMILES string of the molecule is COc1ccc(Cn2cc(COc3c4cccc3COCc3cc(C(C)(C)C)cc(c3OCc3cn(Cc5ccc(OC)cc5)nn3)COCc3cc(C(C)(C)C)cc(c3OCc3cn(Cc5ccc(OC)cc5)nn3)COC4)nn2)cc1. The summed E-state index contributed by atoms with van der Waals surface area (Å²) in [7, 11) is 4.97. The third-order valence-corrected chi connectivity index (χ3v) is 14.3. The number of hydrogen-bond donors (Lipinski definition) is 0. The van der Waals surface area contributed by atoms with E-state index in [1.165, 1.54) is 0 Å². The Kier molecular flexibility index (Phi) is 18.1. The molecule has 4 heterocycles. The summed E-state index contributed by atoms with van der Waals surface area (Å²) in [5.74, 6) is 4.32. The molecular weight excluding hydrogens is 1050 g/mol. The molecule has 0 atom stereocenters. The summed E-state index contributed by atoms with van der Waals surface area (Å²) in [4.78, 5) is 0. The van der Waals surface area contributed by atoms with Gasteiger partial charge in [0.05, 0.1) is 99.2 Å². The molecule has 18 heteroatoms. The van der Waals surface area contributed by atoms with E-state index in [0.717, 1.165) is 78.4 Å². The van der Waals surface area contributed by atoms with Crippen LogP contribution in [0.1, 0.15) is 120 Å². The minimum atomic E-state index is -0.234. The second-order valence-corrected chi connectivity index (χ2v) is 22.8. The molecule has 83 heavy (non-hydrogen) atoms. The zero-order valence-electron chi connectivity index (χ0n) is 48.9. The van der Waals surface area contributed by atoms with Gasteiger partial charge in [0.2, 0.25) is 0 Å². The number of methoxy groups -OCH3 is 3. The van der Waals surface area contributed by atoms with Crippen molar-refractivity contribution >= 4 is 0 Å². The van der Waals surface area contributed by atoms with E-state index >= 15 is 0 Å². The number of fused-ring (bicyclic) bond motifs is 6. The predicted molar refractivity (Wildman–Crippen MR) is 312 cm³/mol. The van der Waals surface area contributed by atoms with Crippen LogP contribution in [-0.4, -0.2) is 66.3 Å². The Morgan fingerprint density at radius 2 is 0.663 bits per heavy atom. The molecule has 0 fully saturated rings. The van der Waals surface area contributed by atoms with Crippen molar-refractivity contribution in [3.05, 3.63) is 212 Å². The maximum absolute atomic E-state index is 6.87. The van der Waals surface area contributed by atoms with Crippen molar-refractivity contribution in [2.75, 3.05) is 21.3 Å². The number of hydrogen-bond acceptors (Lipinski definition) is 15. The van der Waals surface area contributed by atoms with Crippen molar-refractivity contribution in [3.63, 3.8) is 0 Å². The Balaban J connectivity index is 0.987. The van der Waals surface area contributed by atoms with E-state index < -0.39 is 0 Å². The summed E-state index contributed by atoms with van der Waals surface area (Å²) in [6.07, 6.45) is 5.72. The number of rotatable bonds is 18. The molecule has 0 spiro atoms. The van der Waals surface area contributed by atoms with Gasteiger partial charge >= 0.3 is 0 Å². The molecule has 1 aliphatic heterocycles. The lowest BCUT2D eigenvalue weighted by atomic mass is 9.84. The van der Waals surface area contributed by atoms with Crippen molar-refractivity contribution in [2.45, 2.75) is 131 Å². The zero-order chi connectivity index (χ0) is 57.9.